The van der Waals surface area contributed by atoms with E-state index in [9.17, 15) is 0 Å². The number of hydrogen-bond acceptors (Lipinski definition) is 0. The van der Waals surface area contributed by atoms with Crippen molar-refractivity contribution in [3.05, 3.63) is 53.1 Å². The van der Waals surface area contributed by atoms with Crippen LogP contribution in [0.5, 0.6) is 0 Å². The van der Waals surface area contributed by atoms with E-state index >= 15 is 0 Å². The first-order valence-electron chi connectivity index (χ1n) is 4.71. The van der Waals surface area contributed by atoms with Crippen LogP contribution in [0.2, 0.25) is 0 Å². The molecule has 0 nitrogen and oxygen atoms in total. The Morgan fingerprint density at radius 1 is 1.21 bits per heavy atom. The third-order valence-corrected chi connectivity index (χ3v) is 2.63. The fraction of sp³-hybridized carbons (Fsp3) is 0.231. The predicted octanol–water partition coefficient (Wildman–Crippen LogP) is 4.27. The molecule has 0 N–H and O–H groups in total. The molecule has 0 aliphatic rings. The van der Waals surface area contributed by atoms with Crippen molar-refractivity contribution >= 4 is 22.0 Å². The number of benzene rings is 1. The first-order valence-corrected chi connectivity index (χ1v) is 5.83. The highest BCUT2D eigenvalue weighted by atomic mass is 79.9. The van der Waals surface area contributed by atoms with E-state index in [-0.39, 0.29) is 0 Å². The molecule has 0 saturated carbocycles. The molecule has 0 unspecified atom stereocenters. The lowest BCUT2D eigenvalue weighted by atomic mass is 10.0. The molecule has 74 valence electrons. The lowest BCUT2D eigenvalue weighted by Gasteiger charge is -2.02. The Kier molecular flexibility index (Phi) is 4.68. The maximum absolute atomic E-state index is 3.34. The molecule has 0 spiro atoms. The van der Waals surface area contributed by atoms with E-state index in [2.05, 4.69) is 72.3 Å². The summed E-state index contributed by atoms with van der Waals surface area (Å²) in [5.41, 5.74) is 4.00. The van der Waals surface area contributed by atoms with Crippen molar-refractivity contribution < 1.29 is 0 Å². The normalized spacial score (nSPS) is 11.6. The summed E-state index contributed by atoms with van der Waals surface area (Å²) in [5.74, 6) is 0. The third kappa shape index (κ3) is 3.15. The van der Waals surface area contributed by atoms with Gasteiger partial charge in [0.15, 0.2) is 0 Å². The average Bonchev–Trinajstić information content (AvgIpc) is 2.19. The number of alkyl halides is 1. The quantitative estimate of drug-likeness (QED) is 0.556. The zero-order valence-electron chi connectivity index (χ0n) is 8.63. The standard InChI is InChI=1S/C13H15Br/c1-11-7-6-9-13(12(11)2)8-4-3-5-10-14/h3-9H,10H2,1-2H3/b5-3+,8-4+. The first-order chi connectivity index (χ1) is 6.75. The van der Waals surface area contributed by atoms with Crippen LogP contribution in [-0.2, 0) is 0 Å². The minimum atomic E-state index is 0.907. The van der Waals surface area contributed by atoms with Gasteiger partial charge in [0.05, 0.1) is 0 Å². The van der Waals surface area contributed by atoms with Gasteiger partial charge >= 0.3 is 0 Å². The molecule has 0 amide bonds. The van der Waals surface area contributed by atoms with Gasteiger partial charge in [0, 0.05) is 5.33 Å². The summed E-state index contributed by atoms with van der Waals surface area (Å²) in [5, 5.41) is 0.907. The molecule has 1 rings (SSSR count). The first kappa shape index (κ1) is 11.3. The van der Waals surface area contributed by atoms with Gasteiger partial charge in [-0.3, -0.25) is 0 Å². The minimum Gasteiger partial charge on any atom is -0.0883 e. The van der Waals surface area contributed by atoms with Crippen molar-refractivity contribution in [1.29, 1.82) is 0 Å². The fourth-order valence-corrected chi connectivity index (χ4v) is 1.46. The molecule has 1 aromatic rings. The molecular weight excluding hydrogens is 236 g/mol. The van der Waals surface area contributed by atoms with Crippen LogP contribution in [0.4, 0.5) is 0 Å². The monoisotopic (exact) mass is 250 g/mol. The molecule has 0 saturated heterocycles. The van der Waals surface area contributed by atoms with Crippen molar-refractivity contribution in [1.82, 2.24) is 0 Å². The van der Waals surface area contributed by atoms with E-state index in [1.54, 1.807) is 0 Å². The van der Waals surface area contributed by atoms with Gasteiger partial charge in [-0.05, 0) is 30.5 Å². The summed E-state index contributed by atoms with van der Waals surface area (Å²) in [4.78, 5) is 0. The molecule has 0 heterocycles. The van der Waals surface area contributed by atoms with Gasteiger partial charge in [-0.25, -0.2) is 0 Å². The Morgan fingerprint density at radius 2 is 2.00 bits per heavy atom. The summed E-state index contributed by atoms with van der Waals surface area (Å²) in [6, 6.07) is 6.37. The van der Waals surface area contributed by atoms with Gasteiger partial charge < -0.3 is 0 Å². The maximum atomic E-state index is 3.34. The van der Waals surface area contributed by atoms with Crippen LogP contribution >= 0.6 is 15.9 Å². The van der Waals surface area contributed by atoms with Gasteiger partial charge in [0.2, 0.25) is 0 Å². The highest BCUT2D eigenvalue weighted by Gasteiger charge is 1.94. The van der Waals surface area contributed by atoms with Crippen LogP contribution in [0.3, 0.4) is 0 Å². The SMILES string of the molecule is Cc1cccc(/C=C/C=C/CBr)c1C. The zero-order valence-corrected chi connectivity index (χ0v) is 10.2. The van der Waals surface area contributed by atoms with E-state index in [1.165, 1.54) is 16.7 Å². The van der Waals surface area contributed by atoms with E-state index < -0.39 is 0 Å². The summed E-state index contributed by atoms with van der Waals surface area (Å²) in [6.45, 7) is 4.30. The summed E-state index contributed by atoms with van der Waals surface area (Å²) < 4.78 is 0. The number of aryl methyl sites for hydroxylation is 1. The van der Waals surface area contributed by atoms with Crippen LogP contribution in [0.15, 0.2) is 36.4 Å². The molecule has 0 fully saturated rings. The molecule has 0 bridgehead atoms. The molecule has 0 atom stereocenters. The second-order valence-corrected chi connectivity index (χ2v) is 3.88. The average molecular weight is 251 g/mol. The largest absolute Gasteiger partial charge is 0.0883 e. The lowest BCUT2D eigenvalue weighted by molar-refractivity contribution is 1.33. The molecule has 0 aliphatic heterocycles. The highest BCUT2D eigenvalue weighted by molar-refractivity contribution is 9.09. The van der Waals surface area contributed by atoms with Crippen LogP contribution in [0.25, 0.3) is 6.08 Å². The van der Waals surface area contributed by atoms with E-state index in [1.807, 2.05) is 0 Å². The number of halogens is 1. The Morgan fingerprint density at radius 3 is 2.71 bits per heavy atom. The zero-order chi connectivity index (χ0) is 10.4. The van der Waals surface area contributed by atoms with Crippen molar-refractivity contribution in [2.45, 2.75) is 13.8 Å². The van der Waals surface area contributed by atoms with Gasteiger partial charge in [-0.1, -0.05) is 58.4 Å². The van der Waals surface area contributed by atoms with Gasteiger partial charge in [-0.15, -0.1) is 0 Å². The van der Waals surface area contributed by atoms with Crippen molar-refractivity contribution in [3.8, 4) is 0 Å². The highest BCUT2D eigenvalue weighted by Crippen LogP contribution is 2.13. The second-order valence-electron chi connectivity index (χ2n) is 3.23. The summed E-state index contributed by atoms with van der Waals surface area (Å²) >= 11 is 3.34. The molecule has 0 radical (unpaired) electrons. The van der Waals surface area contributed by atoms with Crippen LogP contribution in [-0.4, -0.2) is 5.33 Å². The summed E-state index contributed by atoms with van der Waals surface area (Å²) in [7, 11) is 0. The Balaban J connectivity index is 2.81. The molecule has 0 aromatic heterocycles. The van der Waals surface area contributed by atoms with Crippen molar-refractivity contribution in [2.75, 3.05) is 5.33 Å². The molecular formula is C13H15Br. The second kappa shape index (κ2) is 5.82. The summed E-state index contributed by atoms with van der Waals surface area (Å²) in [6.07, 6.45) is 8.34. The van der Waals surface area contributed by atoms with Crippen LogP contribution < -0.4 is 0 Å². The minimum absolute atomic E-state index is 0.907. The number of allylic oxidation sites excluding steroid dienone is 3. The molecule has 1 heteroatoms. The smallest absolute Gasteiger partial charge is 0.0215 e. The van der Waals surface area contributed by atoms with Gasteiger partial charge in [-0.2, -0.15) is 0 Å². The van der Waals surface area contributed by atoms with Crippen molar-refractivity contribution in [3.63, 3.8) is 0 Å². The Hall–Kier alpha value is -0.820. The van der Waals surface area contributed by atoms with E-state index in [4.69, 9.17) is 0 Å². The molecule has 14 heavy (non-hydrogen) atoms. The third-order valence-electron chi connectivity index (χ3n) is 2.26. The topological polar surface area (TPSA) is 0 Å². The van der Waals surface area contributed by atoms with E-state index in [0.717, 1.165) is 5.33 Å². The maximum Gasteiger partial charge on any atom is 0.0215 e. The van der Waals surface area contributed by atoms with Crippen LogP contribution in [0.1, 0.15) is 16.7 Å². The number of hydrogen-bond donors (Lipinski definition) is 0. The lowest BCUT2D eigenvalue weighted by Crippen LogP contribution is -1.83. The van der Waals surface area contributed by atoms with E-state index in [0.29, 0.717) is 0 Å². The van der Waals surface area contributed by atoms with Crippen LogP contribution in [0, 0.1) is 13.8 Å². The fourth-order valence-electron chi connectivity index (χ4n) is 1.24. The molecule has 1 aromatic carbocycles. The van der Waals surface area contributed by atoms with Gasteiger partial charge in [0.1, 0.15) is 0 Å². The van der Waals surface area contributed by atoms with Crippen molar-refractivity contribution in [2.24, 2.45) is 0 Å². The van der Waals surface area contributed by atoms with Gasteiger partial charge in [0.25, 0.3) is 0 Å². The Labute approximate surface area is 94.5 Å². The number of rotatable bonds is 3. The Bertz CT molecular complexity index is 348. The molecule has 0 aliphatic carbocycles. The predicted molar refractivity (Wildman–Crippen MR) is 67.9 cm³/mol.